The molecule has 8 heteroatoms. The van der Waals surface area contributed by atoms with Crippen molar-refractivity contribution in [3.8, 4) is 0 Å². The van der Waals surface area contributed by atoms with E-state index in [1.54, 1.807) is 0 Å². The lowest BCUT2D eigenvalue weighted by Crippen LogP contribution is -2.38. The number of urea groups is 2. The average Bonchev–Trinajstić information content (AvgIpc) is 3.20. The number of hydrogen-bond acceptors (Lipinski definition) is 4. The first kappa shape index (κ1) is 54.5. The molecule has 0 aliphatic carbocycles. The van der Waals surface area contributed by atoms with Crippen LogP contribution in [0.25, 0.3) is 0 Å². The normalized spacial score (nSPS) is 12.5. The van der Waals surface area contributed by atoms with Crippen molar-refractivity contribution >= 4 is 12.1 Å². The predicted molar refractivity (Wildman–Crippen MR) is 244 cm³/mol. The van der Waals surface area contributed by atoms with Crippen LogP contribution in [0.3, 0.4) is 0 Å². The van der Waals surface area contributed by atoms with Crippen LogP contribution in [0.4, 0.5) is 9.59 Å². The van der Waals surface area contributed by atoms with Crippen LogP contribution >= 0.6 is 0 Å². The van der Waals surface area contributed by atoms with Gasteiger partial charge in [-0.25, -0.2) is 9.59 Å². The lowest BCUT2D eigenvalue weighted by atomic mass is 9.94. The number of amides is 4. The number of carbonyl (C=O) groups excluding carboxylic acids is 2. The van der Waals surface area contributed by atoms with Crippen molar-refractivity contribution in [3.05, 3.63) is 0 Å². The summed E-state index contributed by atoms with van der Waals surface area (Å²) in [7, 11) is 0. The van der Waals surface area contributed by atoms with Crippen molar-refractivity contribution in [3.63, 3.8) is 0 Å². The summed E-state index contributed by atoms with van der Waals surface area (Å²) < 4.78 is 0. The van der Waals surface area contributed by atoms with Gasteiger partial charge in [0, 0.05) is 39.3 Å². The van der Waals surface area contributed by atoms with Gasteiger partial charge in [-0.1, -0.05) is 175 Å². The molecule has 0 spiro atoms. The minimum absolute atomic E-state index is 0.00174. The van der Waals surface area contributed by atoms with E-state index in [-0.39, 0.29) is 18.7 Å². The summed E-state index contributed by atoms with van der Waals surface area (Å²) in [5.41, 5.74) is 0. The van der Waals surface area contributed by atoms with Crippen molar-refractivity contribution in [1.82, 2.24) is 26.2 Å². The number of nitrogens with one attached hydrogen (secondary N) is 4. The summed E-state index contributed by atoms with van der Waals surface area (Å²) in [6.45, 7) is 15.4. The summed E-state index contributed by atoms with van der Waals surface area (Å²) in [6.07, 6.45) is 39.7. The maximum atomic E-state index is 12.6. The van der Waals surface area contributed by atoms with E-state index in [4.69, 9.17) is 0 Å². The van der Waals surface area contributed by atoms with Gasteiger partial charge in [0.1, 0.15) is 0 Å². The van der Waals surface area contributed by atoms with Crippen LogP contribution in [0.1, 0.15) is 233 Å². The van der Waals surface area contributed by atoms with Crippen LogP contribution in [0.5, 0.6) is 0 Å². The molecule has 4 amide bonds. The van der Waals surface area contributed by atoms with Gasteiger partial charge in [-0.15, -0.1) is 0 Å². The van der Waals surface area contributed by atoms with Crippen LogP contribution in [-0.4, -0.2) is 74.5 Å². The Bertz CT molecular complexity index is 816. The Hall–Kier alpha value is -1.54. The summed E-state index contributed by atoms with van der Waals surface area (Å²) in [6, 6.07) is -0.00867. The molecule has 2 unspecified atom stereocenters. The monoisotopic (exact) mass is 794 g/mol. The quantitative estimate of drug-likeness (QED) is 0.0396. The molecule has 0 rings (SSSR count). The van der Waals surface area contributed by atoms with Crippen molar-refractivity contribution in [2.24, 2.45) is 11.8 Å². The Morgan fingerprint density at radius 1 is 0.393 bits per heavy atom. The first-order valence-corrected chi connectivity index (χ1v) is 24.9. The fourth-order valence-corrected chi connectivity index (χ4v) is 7.93. The average molecular weight is 794 g/mol. The van der Waals surface area contributed by atoms with E-state index in [0.29, 0.717) is 11.8 Å². The van der Waals surface area contributed by atoms with E-state index in [2.05, 4.69) is 53.9 Å². The molecule has 0 aromatic rings. The molecule has 0 aromatic heterocycles. The number of hydrogen-bond donors (Lipinski definition) is 5. The second kappa shape index (κ2) is 44.6. The van der Waals surface area contributed by atoms with Crippen LogP contribution in [0, 0.1) is 11.8 Å². The third kappa shape index (κ3) is 39.3. The largest absolute Gasteiger partial charge is 0.396 e. The number of aliphatic hydroxyl groups is 1. The highest BCUT2D eigenvalue weighted by atomic mass is 16.3. The van der Waals surface area contributed by atoms with E-state index in [0.717, 1.165) is 97.2 Å². The zero-order valence-corrected chi connectivity index (χ0v) is 38.1. The van der Waals surface area contributed by atoms with Crippen LogP contribution in [0.15, 0.2) is 0 Å². The summed E-state index contributed by atoms with van der Waals surface area (Å²) in [5, 5.41) is 22.0. The van der Waals surface area contributed by atoms with Crippen molar-refractivity contribution in [2.45, 2.75) is 233 Å². The molecule has 8 nitrogen and oxygen atoms in total. The van der Waals surface area contributed by atoms with E-state index in [9.17, 15) is 14.7 Å². The summed E-state index contributed by atoms with van der Waals surface area (Å²) >= 11 is 0. The third-order valence-corrected chi connectivity index (χ3v) is 11.7. The zero-order valence-electron chi connectivity index (χ0n) is 38.1. The topological polar surface area (TPSA) is 106 Å². The maximum Gasteiger partial charge on any atom is 0.314 e. The number of unbranched alkanes of at least 4 members (excludes halogenated alkanes) is 21. The first-order chi connectivity index (χ1) is 27.5. The summed E-state index contributed by atoms with van der Waals surface area (Å²) in [5.74, 6) is 1.21. The van der Waals surface area contributed by atoms with Gasteiger partial charge in [0.2, 0.25) is 0 Å². The van der Waals surface area contributed by atoms with E-state index in [1.807, 2.05) is 0 Å². The SMILES string of the molecule is CCCCCCCCC(CCCCCC)CNC(=O)NCCCCCCN(CCCO)CCCCCNC(=O)NCC(CCCCCC)CCCCCCCC. The van der Waals surface area contributed by atoms with Crippen molar-refractivity contribution < 1.29 is 14.7 Å². The second-order valence-corrected chi connectivity index (χ2v) is 17.2. The maximum absolute atomic E-state index is 12.6. The Balaban J connectivity index is 4.18. The van der Waals surface area contributed by atoms with Gasteiger partial charge in [-0.2, -0.15) is 0 Å². The lowest BCUT2D eigenvalue weighted by molar-refractivity contribution is 0.217. The molecule has 0 bridgehead atoms. The lowest BCUT2D eigenvalue weighted by Gasteiger charge is -2.22. The number of nitrogens with zero attached hydrogens (tertiary/aromatic N) is 1. The van der Waals surface area contributed by atoms with E-state index < -0.39 is 0 Å². The van der Waals surface area contributed by atoms with Crippen LogP contribution in [-0.2, 0) is 0 Å². The molecule has 2 atom stereocenters. The molecule has 0 radical (unpaired) electrons. The number of carbonyl (C=O) groups is 2. The fourth-order valence-electron chi connectivity index (χ4n) is 7.93. The Morgan fingerprint density at radius 3 is 1.09 bits per heavy atom. The molecule has 0 heterocycles. The van der Waals surface area contributed by atoms with Crippen LogP contribution in [0.2, 0.25) is 0 Å². The Kier molecular flexibility index (Phi) is 43.3. The van der Waals surface area contributed by atoms with Gasteiger partial charge in [0.25, 0.3) is 0 Å². The van der Waals surface area contributed by atoms with E-state index >= 15 is 0 Å². The van der Waals surface area contributed by atoms with Crippen molar-refractivity contribution in [1.29, 1.82) is 0 Å². The molecule has 0 fully saturated rings. The molecule has 5 N–H and O–H groups in total. The highest BCUT2D eigenvalue weighted by molar-refractivity contribution is 5.74. The van der Waals surface area contributed by atoms with Gasteiger partial charge in [-0.05, 0) is 82.7 Å². The van der Waals surface area contributed by atoms with Gasteiger partial charge >= 0.3 is 12.1 Å². The molecular weight excluding hydrogens is 695 g/mol. The Morgan fingerprint density at radius 2 is 0.696 bits per heavy atom. The van der Waals surface area contributed by atoms with Crippen molar-refractivity contribution in [2.75, 3.05) is 52.4 Å². The highest BCUT2D eigenvalue weighted by Crippen LogP contribution is 2.20. The standard InChI is InChI=1S/C48H99N5O3/c1-5-9-13-17-19-26-35-45(33-24-15-11-7-3)43-51-47(55)49-37-28-21-22-30-39-53(41-32-42-54)40-31-23-29-38-50-48(56)52-44-46(34-25-16-12-8-4)36-27-20-18-14-10-6-2/h45-46,54H,5-44H2,1-4H3,(H2,49,51,55)(H2,50,52,56). The van der Waals surface area contributed by atoms with Gasteiger partial charge in [-0.3, -0.25) is 0 Å². The molecule has 0 aliphatic heterocycles. The highest BCUT2D eigenvalue weighted by Gasteiger charge is 2.12. The fraction of sp³-hybridized carbons (Fsp3) is 0.958. The summed E-state index contributed by atoms with van der Waals surface area (Å²) in [4.78, 5) is 27.6. The number of rotatable bonds is 44. The molecule has 0 saturated carbocycles. The van der Waals surface area contributed by atoms with Gasteiger partial charge in [0.15, 0.2) is 0 Å². The molecule has 334 valence electrons. The smallest absolute Gasteiger partial charge is 0.314 e. The number of aliphatic hydroxyl groups excluding tert-OH is 1. The second-order valence-electron chi connectivity index (χ2n) is 17.2. The van der Waals surface area contributed by atoms with Gasteiger partial charge in [0.05, 0.1) is 0 Å². The molecule has 0 saturated heterocycles. The molecule has 56 heavy (non-hydrogen) atoms. The predicted octanol–water partition coefficient (Wildman–Crippen LogP) is 12.7. The minimum Gasteiger partial charge on any atom is -0.396 e. The molecule has 0 aliphatic rings. The van der Waals surface area contributed by atoms with Crippen LogP contribution < -0.4 is 21.3 Å². The van der Waals surface area contributed by atoms with Gasteiger partial charge < -0.3 is 31.3 Å². The minimum atomic E-state index is -0.00693. The zero-order chi connectivity index (χ0) is 41.0. The molecular formula is C48H99N5O3. The van der Waals surface area contributed by atoms with E-state index in [1.165, 1.54) is 154 Å². The molecule has 0 aromatic carbocycles. The Labute approximate surface area is 349 Å². The first-order valence-electron chi connectivity index (χ1n) is 24.9. The third-order valence-electron chi connectivity index (χ3n) is 11.7.